The number of anilines is 1. The first-order valence-corrected chi connectivity index (χ1v) is 6.11. The van der Waals surface area contributed by atoms with E-state index in [1.807, 2.05) is 13.1 Å². The van der Waals surface area contributed by atoms with Gasteiger partial charge in [0.2, 0.25) is 0 Å². The van der Waals surface area contributed by atoms with Gasteiger partial charge in [-0.15, -0.1) is 0 Å². The number of piperidine rings is 1. The van der Waals surface area contributed by atoms with Gasteiger partial charge >= 0.3 is 0 Å². The van der Waals surface area contributed by atoms with E-state index >= 15 is 0 Å². The van der Waals surface area contributed by atoms with Crippen LogP contribution in [0, 0.1) is 12.8 Å². The largest absolute Gasteiger partial charge is 0.367 e. The van der Waals surface area contributed by atoms with Crippen LogP contribution < -0.4 is 10.6 Å². The van der Waals surface area contributed by atoms with Crippen molar-refractivity contribution in [1.82, 2.24) is 4.98 Å². The van der Waals surface area contributed by atoms with Gasteiger partial charge in [-0.2, -0.15) is 0 Å². The molecule has 1 saturated heterocycles. The SMILES string of the molecule is Cc1cc(N2CCCC(C)C2CN)ccn1. The van der Waals surface area contributed by atoms with E-state index in [-0.39, 0.29) is 0 Å². The van der Waals surface area contributed by atoms with E-state index in [1.54, 1.807) is 0 Å². The number of rotatable bonds is 2. The number of hydrogen-bond donors (Lipinski definition) is 1. The molecule has 0 spiro atoms. The number of aryl methyl sites for hydroxylation is 1. The fraction of sp³-hybridized carbons (Fsp3) is 0.615. The summed E-state index contributed by atoms with van der Waals surface area (Å²) in [5, 5.41) is 0. The topological polar surface area (TPSA) is 42.1 Å². The Kier molecular flexibility index (Phi) is 3.44. The molecule has 2 N–H and O–H groups in total. The molecule has 1 aromatic heterocycles. The molecule has 1 aliphatic rings. The van der Waals surface area contributed by atoms with Crippen molar-refractivity contribution in [2.24, 2.45) is 11.7 Å². The highest BCUT2D eigenvalue weighted by atomic mass is 15.2. The molecule has 1 aliphatic heterocycles. The average molecular weight is 219 g/mol. The molecule has 0 radical (unpaired) electrons. The van der Waals surface area contributed by atoms with Gasteiger partial charge in [0.25, 0.3) is 0 Å². The molecule has 3 nitrogen and oxygen atoms in total. The monoisotopic (exact) mass is 219 g/mol. The molecule has 2 unspecified atom stereocenters. The van der Waals surface area contributed by atoms with Crippen molar-refractivity contribution in [3.05, 3.63) is 24.0 Å². The molecule has 0 bridgehead atoms. The Bertz CT molecular complexity index is 351. The van der Waals surface area contributed by atoms with Gasteiger partial charge in [0, 0.05) is 36.7 Å². The van der Waals surface area contributed by atoms with Crippen LogP contribution in [0.25, 0.3) is 0 Å². The molecular formula is C13H21N3. The summed E-state index contributed by atoms with van der Waals surface area (Å²) in [6.07, 6.45) is 4.44. The minimum Gasteiger partial charge on any atom is -0.367 e. The normalized spacial score (nSPS) is 25.8. The number of pyridine rings is 1. The van der Waals surface area contributed by atoms with Crippen molar-refractivity contribution in [2.45, 2.75) is 32.7 Å². The quantitative estimate of drug-likeness (QED) is 0.826. The summed E-state index contributed by atoms with van der Waals surface area (Å²) >= 11 is 0. The highest BCUT2D eigenvalue weighted by Crippen LogP contribution is 2.28. The van der Waals surface area contributed by atoms with Gasteiger partial charge < -0.3 is 10.6 Å². The Morgan fingerprint density at radius 3 is 3.06 bits per heavy atom. The summed E-state index contributed by atoms with van der Waals surface area (Å²) in [6, 6.07) is 4.73. The van der Waals surface area contributed by atoms with Gasteiger partial charge in [0.1, 0.15) is 0 Å². The molecule has 88 valence electrons. The van der Waals surface area contributed by atoms with Gasteiger partial charge in [0.15, 0.2) is 0 Å². The lowest BCUT2D eigenvalue weighted by atomic mass is 9.90. The third kappa shape index (κ3) is 2.19. The van der Waals surface area contributed by atoms with Crippen LogP contribution in [0.1, 0.15) is 25.5 Å². The number of hydrogen-bond acceptors (Lipinski definition) is 3. The van der Waals surface area contributed by atoms with Gasteiger partial charge in [-0.1, -0.05) is 6.92 Å². The molecule has 0 aromatic carbocycles. The van der Waals surface area contributed by atoms with E-state index in [9.17, 15) is 0 Å². The molecule has 16 heavy (non-hydrogen) atoms. The number of nitrogens with zero attached hydrogens (tertiary/aromatic N) is 2. The standard InChI is InChI=1S/C13H21N3/c1-10-4-3-7-16(13(10)9-14)12-5-6-15-11(2)8-12/h5-6,8,10,13H,3-4,7,9,14H2,1-2H3. The number of nitrogens with two attached hydrogens (primary N) is 1. The Labute approximate surface area is 97.7 Å². The van der Waals surface area contributed by atoms with Crippen molar-refractivity contribution in [3.63, 3.8) is 0 Å². The molecule has 0 aliphatic carbocycles. The predicted octanol–water partition coefficient (Wildman–Crippen LogP) is 1.95. The van der Waals surface area contributed by atoms with E-state index in [1.165, 1.54) is 18.5 Å². The van der Waals surface area contributed by atoms with Crippen LogP contribution in [0.2, 0.25) is 0 Å². The van der Waals surface area contributed by atoms with E-state index < -0.39 is 0 Å². The van der Waals surface area contributed by atoms with E-state index in [2.05, 4.69) is 28.9 Å². The maximum atomic E-state index is 5.90. The second kappa shape index (κ2) is 4.83. The van der Waals surface area contributed by atoms with Crippen molar-refractivity contribution in [2.75, 3.05) is 18.0 Å². The second-order valence-electron chi connectivity index (χ2n) is 4.77. The predicted molar refractivity (Wildman–Crippen MR) is 67.6 cm³/mol. The van der Waals surface area contributed by atoms with Crippen molar-refractivity contribution < 1.29 is 0 Å². The average Bonchev–Trinajstić information content (AvgIpc) is 2.28. The van der Waals surface area contributed by atoms with E-state index in [0.29, 0.717) is 12.0 Å². The minimum atomic E-state index is 0.482. The fourth-order valence-electron chi connectivity index (χ4n) is 2.64. The van der Waals surface area contributed by atoms with Crippen LogP contribution in [0.4, 0.5) is 5.69 Å². The van der Waals surface area contributed by atoms with Gasteiger partial charge in [-0.3, -0.25) is 4.98 Å². The molecule has 2 atom stereocenters. The summed E-state index contributed by atoms with van der Waals surface area (Å²) < 4.78 is 0. The summed E-state index contributed by atoms with van der Waals surface area (Å²) in [4.78, 5) is 6.69. The lowest BCUT2D eigenvalue weighted by Gasteiger charge is -2.41. The zero-order valence-corrected chi connectivity index (χ0v) is 10.2. The summed E-state index contributed by atoms with van der Waals surface area (Å²) in [7, 11) is 0. The molecule has 3 heteroatoms. The zero-order chi connectivity index (χ0) is 11.5. The Morgan fingerprint density at radius 2 is 2.38 bits per heavy atom. The first-order valence-electron chi connectivity index (χ1n) is 6.11. The third-order valence-corrected chi connectivity index (χ3v) is 3.57. The van der Waals surface area contributed by atoms with Crippen molar-refractivity contribution in [1.29, 1.82) is 0 Å². The third-order valence-electron chi connectivity index (χ3n) is 3.57. The highest BCUT2D eigenvalue weighted by Gasteiger charge is 2.27. The van der Waals surface area contributed by atoms with Gasteiger partial charge in [0.05, 0.1) is 0 Å². The van der Waals surface area contributed by atoms with Crippen LogP contribution >= 0.6 is 0 Å². The summed E-state index contributed by atoms with van der Waals surface area (Å²) in [5.74, 6) is 0.687. The molecule has 1 aromatic rings. The second-order valence-corrected chi connectivity index (χ2v) is 4.77. The van der Waals surface area contributed by atoms with Crippen LogP contribution in [0.15, 0.2) is 18.3 Å². The van der Waals surface area contributed by atoms with Crippen LogP contribution in [-0.4, -0.2) is 24.1 Å². The minimum absolute atomic E-state index is 0.482. The number of aromatic nitrogens is 1. The fourth-order valence-corrected chi connectivity index (χ4v) is 2.64. The molecule has 2 heterocycles. The van der Waals surface area contributed by atoms with Crippen LogP contribution in [0.5, 0.6) is 0 Å². The maximum absolute atomic E-state index is 5.90. The van der Waals surface area contributed by atoms with Gasteiger partial charge in [-0.05, 0) is 37.8 Å². The molecular weight excluding hydrogens is 198 g/mol. The molecule has 0 amide bonds. The van der Waals surface area contributed by atoms with Gasteiger partial charge in [-0.25, -0.2) is 0 Å². The first kappa shape index (κ1) is 11.4. The first-order chi connectivity index (χ1) is 7.72. The Balaban J connectivity index is 2.24. The molecule has 0 saturated carbocycles. The van der Waals surface area contributed by atoms with Crippen LogP contribution in [0.3, 0.4) is 0 Å². The summed E-state index contributed by atoms with van der Waals surface area (Å²) in [6.45, 7) is 6.20. The summed E-state index contributed by atoms with van der Waals surface area (Å²) in [5.41, 5.74) is 8.25. The van der Waals surface area contributed by atoms with E-state index in [0.717, 1.165) is 18.8 Å². The lowest BCUT2D eigenvalue weighted by molar-refractivity contribution is 0.350. The Morgan fingerprint density at radius 1 is 1.56 bits per heavy atom. The lowest BCUT2D eigenvalue weighted by Crippen LogP contribution is -2.48. The smallest absolute Gasteiger partial charge is 0.0437 e. The molecule has 2 rings (SSSR count). The van der Waals surface area contributed by atoms with Crippen molar-refractivity contribution in [3.8, 4) is 0 Å². The maximum Gasteiger partial charge on any atom is 0.0437 e. The highest BCUT2D eigenvalue weighted by molar-refractivity contribution is 5.48. The van der Waals surface area contributed by atoms with Crippen LogP contribution in [-0.2, 0) is 0 Å². The molecule has 1 fully saturated rings. The zero-order valence-electron chi connectivity index (χ0n) is 10.2. The Hall–Kier alpha value is -1.09. The van der Waals surface area contributed by atoms with Crippen molar-refractivity contribution >= 4 is 5.69 Å². The van der Waals surface area contributed by atoms with E-state index in [4.69, 9.17) is 5.73 Å².